The number of carbonyl (C=O) groups excluding carboxylic acids is 1. The minimum absolute atomic E-state index is 0.0182. The average Bonchev–Trinajstić information content (AvgIpc) is 2.39. The van der Waals surface area contributed by atoms with Gasteiger partial charge in [-0.1, -0.05) is 0 Å². The lowest BCUT2D eigenvalue weighted by atomic mass is 10.1. The van der Waals surface area contributed by atoms with E-state index in [9.17, 15) is 19.1 Å². The van der Waals surface area contributed by atoms with Crippen LogP contribution in [0.4, 0.5) is 15.8 Å². The third-order valence-electron chi connectivity index (χ3n) is 2.81. The number of anilines is 2. The molecule has 0 saturated carbocycles. The Kier molecular flexibility index (Phi) is 5.31. The van der Waals surface area contributed by atoms with Gasteiger partial charge in [0.2, 0.25) is 5.91 Å². The highest BCUT2D eigenvalue weighted by Gasteiger charge is 2.22. The molecule has 4 N–H and O–H groups in total. The minimum atomic E-state index is -1.33. The Labute approximate surface area is 116 Å². The molecule has 0 fully saturated rings. The fraction of sp³-hybridized carbons (Fsp3) is 0.385. The number of amides is 1. The summed E-state index contributed by atoms with van der Waals surface area (Å²) in [6.45, 7) is 4.41. The molecule has 1 aromatic carbocycles. The highest BCUT2D eigenvalue weighted by atomic mass is 19.1. The van der Waals surface area contributed by atoms with Gasteiger partial charge in [-0.3, -0.25) is 4.79 Å². The molecule has 0 bridgehead atoms. The summed E-state index contributed by atoms with van der Waals surface area (Å²) in [6.07, 6.45) is 0. The van der Waals surface area contributed by atoms with Gasteiger partial charge >= 0.3 is 5.97 Å². The van der Waals surface area contributed by atoms with E-state index in [0.717, 1.165) is 6.07 Å². The number of benzene rings is 1. The van der Waals surface area contributed by atoms with Crippen LogP contribution in [-0.4, -0.2) is 36.6 Å². The van der Waals surface area contributed by atoms with Gasteiger partial charge in [0.1, 0.15) is 11.4 Å². The van der Waals surface area contributed by atoms with E-state index in [0.29, 0.717) is 13.1 Å². The van der Waals surface area contributed by atoms with Gasteiger partial charge in [0, 0.05) is 13.1 Å². The van der Waals surface area contributed by atoms with Gasteiger partial charge in [0.25, 0.3) is 0 Å². The Bertz CT molecular complexity index is 520. The summed E-state index contributed by atoms with van der Waals surface area (Å²) in [5.41, 5.74) is 4.96. The van der Waals surface area contributed by atoms with Crippen molar-refractivity contribution in [2.45, 2.75) is 13.8 Å². The molecule has 1 amide bonds. The van der Waals surface area contributed by atoms with E-state index < -0.39 is 17.5 Å². The van der Waals surface area contributed by atoms with Crippen molar-refractivity contribution in [2.75, 3.05) is 30.3 Å². The molecule has 110 valence electrons. The number of nitrogen functional groups attached to an aromatic ring is 1. The fourth-order valence-electron chi connectivity index (χ4n) is 1.86. The molecule has 0 atom stereocenters. The summed E-state index contributed by atoms with van der Waals surface area (Å²) in [4.78, 5) is 24.4. The van der Waals surface area contributed by atoms with E-state index in [4.69, 9.17) is 5.73 Å². The Balaban J connectivity index is 3.18. The molecule has 0 radical (unpaired) electrons. The van der Waals surface area contributed by atoms with Crippen LogP contribution in [0.15, 0.2) is 12.1 Å². The predicted molar refractivity (Wildman–Crippen MR) is 74.3 cm³/mol. The molecule has 0 heterocycles. The number of nitrogens with one attached hydrogen (secondary N) is 1. The smallest absolute Gasteiger partial charge is 0.340 e. The fourth-order valence-corrected chi connectivity index (χ4v) is 1.86. The van der Waals surface area contributed by atoms with Crippen molar-refractivity contribution in [3.05, 3.63) is 23.5 Å². The quantitative estimate of drug-likeness (QED) is 0.679. The van der Waals surface area contributed by atoms with Crippen LogP contribution in [-0.2, 0) is 4.79 Å². The first kappa shape index (κ1) is 15.7. The zero-order valence-electron chi connectivity index (χ0n) is 11.4. The number of hydrogen-bond donors (Lipinski definition) is 3. The summed E-state index contributed by atoms with van der Waals surface area (Å²) in [5.74, 6) is -2.36. The number of halogens is 1. The summed E-state index contributed by atoms with van der Waals surface area (Å²) < 4.78 is 13.4. The molecular formula is C13H18FN3O3. The zero-order valence-corrected chi connectivity index (χ0v) is 11.4. The monoisotopic (exact) mass is 283 g/mol. The van der Waals surface area contributed by atoms with Crippen LogP contribution >= 0.6 is 0 Å². The Morgan fingerprint density at radius 2 is 2.05 bits per heavy atom. The van der Waals surface area contributed by atoms with Crippen LogP contribution in [0, 0.1) is 5.82 Å². The zero-order chi connectivity index (χ0) is 15.3. The third-order valence-corrected chi connectivity index (χ3v) is 2.81. The van der Waals surface area contributed by atoms with E-state index in [-0.39, 0.29) is 23.7 Å². The minimum Gasteiger partial charge on any atom is -0.478 e. The molecule has 1 rings (SSSR count). The summed E-state index contributed by atoms with van der Waals surface area (Å²) in [5, 5.41) is 11.8. The molecule has 0 aliphatic rings. The molecule has 0 spiro atoms. The van der Waals surface area contributed by atoms with Crippen molar-refractivity contribution < 1.29 is 19.1 Å². The van der Waals surface area contributed by atoms with Gasteiger partial charge < -0.3 is 21.1 Å². The second-order valence-corrected chi connectivity index (χ2v) is 4.13. The molecule has 20 heavy (non-hydrogen) atoms. The largest absolute Gasteiger partial charge is 0.478 e. The SMILES string of the molecule is CCNC(=O)CN(CC)c1ccc(F)c(N)c1C(=O)O. The van der Waals surface area contributed by atoms with Crippen molar-refractivity contribution in [3.8, 4) is 0 Å². The first-order valence-electron chi connectivity index (χ1n) is 6.25. The van der Waals surface area contributed by atoms with Gasteiger partial charge in [-0.2, -0.15) is 0 Å². The van der Waals surface area contributed by atoms with Crippen LogP contribution in [0.2, 0.25) is 0 Å². The van der Waals surface area contributed by atoms with E-state index in [2.05, 4.69) is 5.32 Å². The second-order valence-electron chi connectivity index (χ2n) is 4.13. The molecule has 0 aliphatic heterocycles. The van der Waals surface area contributed by atoms with E-state index in [1.165, 1.54) is 11.0 Å². The van der Waals surface area contributed by atoms with Crippen molar-refractivity contribution in [1.29, 1.82) is 0 Å². The van der Waals surface area contributed by atoms with Crippen LogP contribution < -0.4 is 16.0 Å². The second kappa shape index (κ2) is 6.74. The maximum Gasteiger partial charge on any atom is 0.340 e. The molecule has 7 heteroatoms. The number of hydrogen-bond acceptors (Lipinski definition) is 4. The first-order chi connectivity index (χ1) is 9.42. The Morgan fingerprint density at radius 1 is 1.40 bits per heavy atom. The van der Waals surface area contributed by atoms with Gasteiger partial charge in [-0.15, -0.1) is 0 Å². The number of carboxylic acids is 1. The summed E-state index contributed by atoms with van der Waals surface area (Å²) >= 11 is 0. The van der Waals surface area contributed by atoms with Crippen molar-refractivity contribution in [3.63, 3.8) is 0 Å². The van der Waals surface area contributed by atoms with E-state index in [1.807, 2.05) is 0 Å². The van der Waals surface area contributed by atoms with Crippen molar-refractivity contribution in [2.24, 2.45) is 0 Å². The Hall–Kier alpha value is -2.31. The van der Waals surface area contributed by atoms with Crippen LogP contribution in [0.3, 0.4) is 0 Å². The average molecular weight is 283 g/mol. The lowest BCUT2D eigenvalue weighted by Crippen LogP contribution is -2.38. The molecule has 0 unspecified atom stereocenters. The third kappa shape index (κ3) is 3.37. The van der Waals surface area contributed by atoms with Gasteiger partial charge in [0.15, 0.2) is 0 Å². The van der Waals surface area contributed by atoms with Crippen molar-refractivity contribution in [1.82, 2.24) is 5.32 Å². The summed E-state index contributed by atoms with van der Waals surface area (Å²) in [6, 6.07) is 2.41. The maximum atomic E-state index is 13.4. The predicted octanol–water partition coefficient (Wildman–Crippen LogP) is 1.07. The number of nitrogens with two attached hydrogens (primary N) is 1. The van der Waals surface area contributed by atoms with Gasteiger partial charge in [-0.05, 0) is 26.0 Å². The number of aromatic carboxylic acids is 1. The molecule has 0 aliphatic carbocycles. The molecule has 1 aromatic rings. The van der Waals surface area contributed by atoms with Crippen LogP contribution in [0.25, 0.3) is 0 Å². The molecule has 6 nitrogen and oxygen atoms in total. The number of nitrogens with zero attached hydrogens (tertiary/aromatic N) is 1. The molecular weight excluding hydrogens is 265 g/mol. The number of carboxylic acid groups (broad SMARTS) is 1. The van der Waals surface area contributed by atoms with E-state index in [1.54, 1.807) is 13.8 Å². The topological polar surface area (TPSA) is 95.7 Å². The van der Waals surface area contributed by atoms with Crippen LogP contribution in [0.1, 0.15) is 24.2 Å². The highest BCUT2D eigenvalue weighted by molar-refractivity contribution is 6.00. The Morgan fingerprint density at radius 3 is 2.55 bits per heavy atom. The maximum absolute atomic E-state index is 13.4. The number of rotatable bonds is 6. The first-order valence-corrected chi connectivity index (χ1v) is 6.25. The lowest BCUT2D eigenvalue weighted by Gasteiger charge is -2.24. The molecule has 0 saturated heterocycles. The van der Waals surface area contributed by atoms with Crippen LogP contribution in [0.5, 0.6) is 0 Å². The molecule has 0 aromatic heterocycles. The van der Waals surface area contributed by atoms with Gasteiger partial charge in [-0.25, -0.2) is 9.18 Å². The number of likely N-dealkylation sites (N-methyl/N-ethyl adjacent to an activating group) is 2. The highest BCUT2D eigenvalue weighted by Crippen LogP contribution is 2.28. The number of carbonyl (C=O) groups is 2. The van der Waals surface area contributed by atoms with E-state index >= 15 is 0 Å². The lowest BCUT2D eigenvalue weighted by molar-refractivity contribution is -0.119. The van der Waals surface area contributed by atoms with Gasteiger partial charge in [0.05, 0.1) is 17.9 Å². The standard InChI is InChI=1S/C13H18FN3O3/c1-3-16-10(18)7-17(4-2)9-6-5-8(14)12(15)11(9)13(19)20/h5-6H,3-4,7,15H2,1-2H3,(H,16,18)(H,19,20). The normalized spacial score (nSPS) is 10.2. The summed E-state index contributed by atoms with van der Waals surface area (Å²) in [7, 11) is 0. The van der Waals surface area contributed by atoms with Crippen molar-refractivity contribution >= 4 is 23.3 Å².